The average molecular weight is 1140 g/mol. The number of hydrogen-bond acceptors (Lipinski definition) is 19. The molecule has 3 aromatic carbocycles. The maximum atomic E-state index is 9.37. The van der Waals surface area contributed by atoms with E-state index >= 15 is 0 Å². The molecule has 0 bridgehead atoms. The maximum absolute atomic E-state index is 9.37. The Kier molecular flexibility index (Phi) is 34.2. The number of aryl methyl sites for hydroxylation is 10. The van der Waals surface area contributed by atoms with Crippen molar-refractivity contribution in [2.45, 2.75) is 104 Å². The fourth-order valence-corrected chi connectivity index (χ4v) is 7.10. The van der Waals surface area contributed by atoms with E-state index in [1.807, 2.05) is 166 Å². The Hall–Kier alpha value is -8.50. The van der Waals surface area contributed by atoms with E-state index in [-0.39, 0.29) is 33.0 Å². The molecule has 81 heavy (non-hydrogen) atoms. The van der Waals surface area contributed by atoms with Crippen molar-refractivity contribution in [3.8, 4) is 28.9 Å². The number of rotatable bonds is 12. The second kappa shape index (κ2) is 38.2. The number of anilines is 3. The monoisotopic (exact) mass is 1140 g/mol. The van der Waals surface area contributed by atoms with Crippen molar-refractivity contribution in [1.82, 2.24) is 44.4 Å². The molecule has 0 aliphatic carbocycles. The Morgan fingerprint density at radius 3 is 1.01 bits per heavy atom. The van der Waals surface area contributed by atoms with Crippen molar-refractivity contribution in [2.24, 2.45) is 5.90 Å². The predicted octanol–water partition coefficient (Wildman–Crippen LogP) is 10.6. The standard InChI is InChI=1S/C19H21N3O.C15H19N3O.C13H15N3O.C8H13N3O.CH2O2.CH4O.2CH4.ClH2NO/c1-13-10-11-14(2)22(13)19-20-15(3)18(16(4)21-19)23-12-17-8-6-5-7-9-17;1-11-14(12(2)17-15(16-11)18(3)4)19-10-13-8-6-5-7-9-13;1-9-12(10(2)16-13(14)15-9)17-8-11-6-4-3-5-7-11;1-5-7(12)6(2)10-8(9-5)11(3)4;2-1-3;1-2;;;1-3-2/h5-11H,12H2,1-4H3;5-9H,10H2,1-4H3;3-7H,8H2,1-2H3,(H2,14,15,16);12H,1-4H3;1H,(H,2,3);2H,1H3;2*1H4;2H2. The van der Waals surface area contributed by atoms with E-state index in [1.54, 1.807) is 18.7 Å². The Morgan fingerprint density at radius 2 is 0.741 bits per heavy atom. The van der Waals surface area contributed by atoms with E-state index in [1.165, 1.54) is 0 Å². The largest absolute Gasteiger partial charge is 0.504 e. The van der Waals surface area contributed by atoms with Crippen LogP contribution in [0.3, 0.4) is 0 Å². The minimum Gasteiger partial charge on any atom is -0.504 e. The van der Waals surface area contributed by atoms with Crippen molar-refractivity contribution >= 4 is 36.2 Å². The van der Waals surface area contributed by atoms with Crippen molar-refractivity contribution in [2.75, 3.05) is 50.8 Å². The lowest BCUT2D eigenvalue weighted by Gasteiger charge is -2.15. The highest BCUT2D eigenvalue weighted by molar-refractivity contribution is 6.07. The second-order valence-corrected chi connectivity index (χ2v) is 17.6. The Balaban J connectivity index is 0.00000102. The molecule has 22 heteroatoms. The van der Waals surface area contributed by atoms with Crippen molar-refractivity contribution in [3.05, 3.63) is 177 Å². The lowest BCUT2D eigenvalue weighted by atomic mass is 10.2. The van der Waals surface area contributed by atoms with Crippen LogP contribution in [-0.2, 0) is 29.0 Å². The smallest absolute Gasteiger partial charge is 0.290 e. The SMILES string of the molecule is C.C.CO.Cc1nc(-n2c(C)ccc2C)nc(C)c1OCc1ccccc1.Cc1nc(N(C)C)nc(C)c1O.Cc1nc(N(C)C)nc(C)c1OCc1ccccc1.Cc1nc(N)nc(C)c1OCc1ccccc1.NOCl.O=CO. The van der Waals surface area contributed by atoms with Crippen LogP contribution in [-0.4, -0.2) is 102 Å². The molecule has 0 aliphatic heterocycles. The molecule has 5 heterocycles. The number of halogens is 1. The Labute approximate surface area is 483 Å². The molecule has 0 aliphatic rings. The number of nitrogens with zero attached hydrogens (tertiary/aromatic N) is 11. The van der Waals surface area contributed by atoms with Crippen LogP contribution in [0.2, 0.25) is 0 Å². The first-order valence-corrected chi connectivity index (χ1v) is 24.8. The van der Waals surface area contributed by atoms with Crippen LogP contribution >= 0.6 is 11.9 Å². The van der Waals surface area contributed by atoms with Gasteiger partial charge in [-0.1, -0.05) is 106 Å². The number of benzene rings is 3. The number of aliphatic hydroxyl groups is 1. The molecule has 0 radical (unpaired) electrons. The summed E-state index contributed by atoms with van der Waals surface area (Å²) in [6.45, 7) is 20.5. The summed E-state index contributed by atoms with van der Waals surface area (Å²) < 4.78 is 22.8. The second-order valence-electron chi connectivity index (χ2n) is 17.4. The van der Waals surface area contributed by atoms with Gasteiger partial charge in [-0.25, -0.2) is 39.9 Å². The van der Waals surface area contributed by atoms with Gasteiger partial charge in [0.1, 0.15) is 19.8 Å². The topological polar surface area (TPSA) is 281 Å². The lowest BCUT2D eigenvalue weighted by molar-refractivity contribution is -0.122. The first-order valence-electron chi connectivity index (χ1n) is 24.5. The quantitative estimate of drug-likeness (QED) is 0.0561. The summed E-state index contributed by atoms with van der Waals surface area (Å²) in [7, 11) is 8.59. The number of aliphatic hydroxyl groups excluding tert-OH is 1. The number of aromatic hydroxyl groups is 1. The summed E-state index contributed by atoms with van der Waals surface area (Å²) in [4.78, 5) is 46.6. The Bertz CT molecular complexity index is 2950. The van der Waals surface area contributed by atoms with E-state index in [0.717, 1.165) is 80.9 Å². The lowest BCUT2D eigenvalue weighted by Crippen LogP contribution is -2.14. The third kappa shape index (κ3) is 24.2. The predicted molar refractivity (Wildman–Crippen MR) is 323 cm³/mol. The minimum absolute atomic E-state index is 0. The molecule has 8 rings (SSSR count). The van der Waals surface area contributed by atoms with Gasteiger partial charge in [0.05, 0.1) is 57.4 Å². The van der Waals surface area contributed by atoms with Gasteiger partial charge in [0, 0.05) is 46.7 Å². The molecular weight excluding hydrogens is 1050 g/mol. The molecule has 7 N–H and O–H groups in total. The number of nitrogen functional groups attached to an aromatic ring is 1. The number of carboxylic acid groups (broad SMARTS) is 1. The van der Waals surface area contributed by atoms with Crippen molar-refractivity contribution in [1.29, 1.82) is 0 Å². The zero-order valence-electron chi connectivity index (χ0n) is 47.8. The fourth-order valence-electron chi connectivity index (χ4n) is 7.10. The van der Waals surface area contributed by atoms with Gasteiger partial charge in [-0.3, -0.25) is 9.36 Å². The first kappa shape index (κ1) is 72.5. The number of nitrogens with two attached hydrogens (primary N) is 2. The van der Waals surface area contributed by atoms with Gasteiger partial charge in [-0.15, -0.1) is 0 Å². The van der Waals surface area contributed by atoms with Gasteiger partial charge >= 0.3 is 0 Å². The molecule has 0 fully saturated rings. The minimum atomic E-state index is -0.250. The van der Waals surface area contributed by atoms with Gasteiger partial charge in [-0.05, 0) is 98.1 Å². The Morgan fingerprint density at radius 1 is 0.494 bits per heavy atom. The zero-order chi connectivity index (χ0) is 59.2. The third-order valence-corrected chi connectivity index (χ3v) is 10.8. The van der Waals surface area contributed by atoms with Gasteiger partial charge in [0.15, 0.2) is 23.0 Å². The molecule has 0 unspecified atom stereocenters. The van der Waals surface area contributed by atoms with Crippen LogP contribution in [0.15, 0.2) is 103 Å². The van der Waals surface area contributed by atoms with Crippen LogP contribution in [0, 0.1) is 69.2 Å². The van der Waals surface area contributed by atoms with Gasteiger partial charge in [-0.2, -0.15) is 10.3 Å². The number of carbonyl (C=O) groups is 1. The molecule has 8 aromatic rings. The summed E-state index contributed by atoms with van der Waals surface area (Å²) in [6, 6.07) is 34.3. The molecule has 0 atom stereocenters. The summed E-state index contributed by atoms with van der Waals surface area (Å²) in [5.41, 5.74) is 17.4. The molecule has 0 saturated carbocycles. The van der Waals surface area contributed by atoms with E-state index in [2.05, 4.69) is 92.6 Å². The maximum Gasteiger partial charge on any atom is 0.290 e. The van der Waals surface area contributed by atoms with Crippen LogP contribution in [0.1, 0.15) is 88.5 Å². The normalized spacial score (nSPS) is 9.56. The van der Waals surface area contributed by atoms with Gasteiger partial charge in [0.25, 0.3) is 6.47 Å². The highest BCUT2D eigenvalue weighted by atomic mass is 35.5. The van der Waals surface area contributed by atoms with E-state index < -0.39 is 0 Å². The average Bonchev–Trinajstić information content (AvgIpc) is 3.77. The summed E-state index contributed by atoms with van der Waals surface area (Å²) in [5, 5.41) is 23.3. The molecule has 0 amide bonds. The molecule has 21 nitrogen and oxygen atoms in total. The van der Waals surface area contributed by atoms with Gasteiger partial charge < -0.3 is 45.1 Å². The highest BCUT2D eigenvalue weighted by Gasteiger charge is 2.15. The van der Waals surface area contributed by atoms with Crippen molar-refractivity contribution < 1.29 is 38.7 Å². The molecule has 0 spiro atoms. The van der Waals surface area contributed by atoms with Crippen LogP contribution in [0.5, 0.6) is 23.0 Å². The zero-order valence-corrected chi connectivity index (χ0v) is 48.6. The first-order chi connectivity index (χ1) is 37.6. The van der Waals surface area contributed by atoms with Gasteiger partial charge in [0.2, 0.25) is 23.8 Å². The van der Waals surface area contributed by atoms with Crippen molar-refractivity contribution in [3.63, 3.8) is 0 Å². The van der Waals surface area contributed by atoms with E-state index in [0.29, 0.717) is 54.8 Å². The summed E-state index contributed by atoms with van der Waals surface area (Å²) in [5.74, 6) is 8.86. The molecule has 0 saturated heterocycles. The fraction of sp³-hybridized carbons (Fsp3) is 0.339. The van der Waals surface area contributed by atoms with E-state index in [9.17, 15) is 5.11 Å². The van der Waals surface area contributed by atoms with Crippen LogP contribution in [0.4, 0.5) is 17.8 Å². The molecular formula is C59H84ClN13O8. The third-order valence-electron chi connectivity index (χ3n) is 10.8. The molecule has 440 valence electrons. The van der Waals surface area contributed by atoms with Crippen LogP contribution in [0.25, 0.3) is 5.95 Å². The summed E-state index contributed by atoms with van der Waals surface area (Å²) >= 11 is 4.28. The van der Waals surface area contributed by atoms with E-state index in [4.69, 9.17) is 35.0 Å². The highest BCUT2D eigenvalue weighted by Crippen LogP contribution is 2.26. The number of ether oxygens (including phenoxy) is 3. The molecule has 5 aromatic heterocycles. The van der Waals surface area contributed by atoms with Crippen LogP contribution < -0.4 is 35.6 Å². The summed E-state index contributed by atoms with van der Waals surface area (Å²) in [6.07, 6.45) is 0. The number of aromatic nitrogens is 9. The number of hydrogen-bond donors (Lipinski definition) is 5.